The lowest BCUT2D eigenvalue weighted by molar-refractivity contribution is 0.657. The summed E-state index contributed by atoms with van der Waals surface area (Å²) in [6, 6.07) is 9.11. The minimum atomic E-state index is 0.621. The fourth-order valence-corrected chi connectivity index (χ4v) is 1.78. The normalized spacial score (nSPS) is 21.7. The van der Waals surface area contributed by atoms with Crippen molar-refractivity contribution in [1.82, 2.24) is 0 Å². The van der Waals surface area contributed by atoms with Crippen LogP contribution in [0, 0.1) is 0 Å². The Labute approximate surface area is 79.6 Å². The Balaban J connectivity index is 2.40. The molecule has 2 nitrogen and oxygen atoms in total. The molecule has 0 bridgehead atoms. The standard InChI is InChI=1S/C11H16N2/c1-9-7-8-12-10-5-3-4-6-11(10)13(9)2/h3-6,9,12H,7-8H2,1-2H3. The maximum atomic E-state index is 3.44. The molecule has 1 heterocycles. The molecule has 1 N–H and O–H groups in total. The van der Waals surface area contributed by atoms with Gasteiger partial charge in [0, 0.05) is 19.6 Å². The zero-order chi connectivity index (χ0) is 9.26. The topological polar surface area (TPSA) is 15.3 Å². The van der Waals surface area contributed by atoms with E-state index in [1.807, 2.05) is 0 Å². The van der Waals surface area contributed by atoms with Crippen molar-refractivity contribution in [2.75, 3.05) is 23.8 Å². The van der Waals surface area contributed by atoms with Crippen molar-refractivity contribution in [2.45, 2.75) is 19.4 Å². The molecular formula is C11H16N2. The zero-order valence-electron chi connectivity index (χ0n) is 8.25. The van der Waals surface area contributed by atoms with Crippen molar-refractivity contribution in [3.05, 3.63) is 24.3 Å². The Morgan fingerprint density at radius 2 is 2.15 bits per heavy atom. The van der Waals surface area contributed by atoms with E-state index in [4.69, 9.17) is 0 Å². The first kappa shape index (κ1) is 8.42. The fourth-order valence-electron chi connectivity index (χ4n) is 1.78. The van der Waals surface area contributed by atoms with Crippen molar-refractivity contribution in [1.29, 1.82) is 0 Å². The van der Waals surface area contributed by atoms with Crippen LogP contribution in [-0.4, -0.2) is 19.6 Å². The van der Waals surface area contributed by atoms with E-state index in [2.05, 4.69) is 48.5 Å². The monoisotopic (exact) mass is 176 g/mol. The van der Waals surface area contributed by atoms with E-state index in [1.54, 1.807) is 0 Å². The van der Waals surface area contributed by atoms with Crippen LogP contribution in [0.2, 0.25) is 0 Å². The highest BCUT2D eigenvalue weighted by Crippen LogP contribution is 2.28. The van der Waals surface area contributed by atoms with Crippen LogP contribution in [-0.2, 0) is 0 Å². The molecule has 2 heteroatoms. The molecule has 13 heavy (non-hydrogen) atoms. The quantitative estimate of drug-likeness (QED) is 0.652. The highest BCUT2D eigenvalue weighted by molar-refractivity contribution is 5.70. The first-order chi connectivity index (χ1) is 6.29. The van der Waals surface area contributed by atoms with Gasteiger partial charge in [0.1, 0.15) is 0 Å². The molecule has 1 aliphatic heterocycles. The number of hydrogen-bond acceptors (Lipinski definition) is 2. The van der Waals surface area contributed by atoms with Gasteiger partial charge >= 0.3 is 0 Å². The first-order valence-electron chi connectivity index (χ1n) is 4.85. The van der Waals surface area contributed by atoms with Gasteiger partial charge in [-0.1, -0.05) is 12.1 Å². The summed E-state index contributed by atoms with van der Waals surface area (Å²) in [5.41, 5.74) is 2.57. The average molecular weight is 176 g/mol. The second-order valence-electron chi connectivity index (χ2n) is 3.69. The summed E-state index contributed by atoms with van der Waals surface area (Å²) in [6.07, 6.45) is 1.20. The summed E-state index contributed by atoms with van der Waals surface area (Å²) in [5, 5.41) is 3.44. The van der Waals surface area contributed by atoms with E-state index in [-0.39, 0.29) is 0 Å². The lowest BCUT2D eigenvalue weighted by atomic mass is 10.2. The fraction of sp³-hybridized carbons (Fsp3) is 0.455. The van der Waals surface area contributed by atoms with E-state index in [0.717, 1.165) is 6.54 Å². The number of anilines is 2. The molecule has 0 amide bonds. The van der Waals surface area contributed by atoms with Crippen LogP contribution in [0.15, 0.2) is 24.3 Å². The van der Waals surface area contributed by atoms with Gasteiger partial charge in [-0.15, -0.1) is 0 Å². The molecule has 1 aromatic rings. The van der Waals surface area contributed by atoms with E-state index in [9.17, 15) is 0 Å². The van der Waals surface area contributed by atoms with Gasteiger partial charge in [-0.2, -0.15) is 0 Å². The third-order valence-electron chi connectivity index (χ3n) is 2.82. The van der Waals surface area contributed by atoms with Gasteiger partial charge in [0.2, 0.25) is 0 Å². The molecule has 0 spiro atoms. The summed E-state index contributed by atoms with van der Waals surface area (Å²) in [7, 11) is 2.16. The highest BCUT2D eigenvalue weighted by atomic mass is 15.2. The third-order valence-corrected chi connectivity index (χ3v) is 2.82. The summed E-state index contributed by atoms with van der Waals surface area (Å²) in [5.74, 6) is 0. The second kappa shape index (κ2) is 3.29. The first-order valence-corrected chi connectivity index (χ1v) is 4.85. The minimum absolute atomic E-state index is 0.621. The van der Waals surface area contributed by atoms with E-state index < -0.39 is 0 Å². The minimum Gasteiger partial charge on any atom is -0.383 e. The highest BCUT2D eigenvalue weighted by Gasteiger charge is 2.16. The predicted molar refractivity (Wildman–Crippen MR) is 57.4 cm³/mol. The number of nitrogens with zero attached hydrogens (tertiary/aromatic N) is 1. The van der Waals surface area contributed by atoms with Gasteiger partial charge in [-0.25, -0.2) is 0 Å². The zero-order valence-corrected chi connectivity index (χ0v) is 8.25. The SMILES string of the molecule is CC1CCNc2ccccc2N1C. The van der Waals surface area contributed by atoms with Crippen LogP contribution >= 0.6 is 0 Å². The molecule has 0 aromatic heterocycles. The molecule has 1 aromatic carbocycles. The third kappa shape index (κ3) is 1.48. The van der Waals surface area contributed by atoms with Crippen LogP contribution in [0.1, 0.15) is 13.3 Å². The number of hydrogen-bond donors (Lipinski definition) is 1. The Kier molecular flexibility index (Phi) is 2.13. The molecule has 0 radical (unpaired) electrons. The van der Waals surface area contributed by atoms with Crippen molar-refractivity contribution >= 4 is 11.4 Å². The maximum Gasteiger partial charge on any atom is 0.0601 e. The van der Waals surface area contributed by atoms with Gasteiger partial charge in [-0.05, 0) is 25.5 Å². The Morgan fingerprint density at radius 1 is 1.38 bits per heavy atom. The molecule has 0 fully saturated rings. The van der Waals surface area contributed by atoms with Crippen LogP contribution in [0.3, 0.4) is 0 Å². The summed E-state index contributed by atoms with van der Waals surface area (Å²) in [4.78, 5) is 2.34. The van der Waals surface area contributed by atoms with Crippen LogP contribution < -0.4 is 10.2 Å². The molecule has 1 atom stereocenters. The number of fused-ring (bicyclic) bond motifs is 1. The number of para-hydroxylation sites is 2. The smallest absolute Gasteiger partial charge is 0.0601 e. The van der Waals surface area contributed by atoms with Crippen LogP contribution in [0.5, 0.6) is 0 Å². The summed E-state index contributed by atoms with van der Waals surface area (Å²) >= 11 is 0. The van der Waals surface area contributed by atoms with E-state index in [0.29, 0.717) is 6.04 Å². The van der Waals surface area contributed by atoms with E-state index in [1.165, 1.54) is 17.8 Å². The Hall–Kier alpha value is -1.18. The molecule has 0 aliphatic carbocycles. The lowest BCUT2D eigenvalue weighted by Crippen LogP contribution is -2.28. The van der Waals surface area contributed by atoms with Crippen molar-refractivity contribution < 1.29 is 0 Å². The van der Waals surface area contributed by atoms with Gasteiger partial charge in [0.15, 0.2) is 0 Å². The van der Waals surface area contributed by atoms with Crippen LogP contribution in [0.25, 0.3) is 0 Å². The number of rotatable bonds is 0. The Bertz CT molecular complexity index is 296. The molecule has 1 unspecified atom stereocenters. The molecule has 2 rings (SSSR count). The van der Waals surface area contributed by atoms with Crippen molar-refractivity contribution in [3.8, 4) is 0 Å². The van der Waals surface area contributed by atoms with Gasteiger partial charge in [0.25, 0.3) is 0 Å². The van der Waals surface area contributed by atoms with E-state index >= 15 is 0 Å². The molecular weight excluding hydrogens is 160 g/mol. The van der Waals surface area contributed by atoms with Crippen LogP contribution in [0.4, 0.5) is 11.4 Å². The number of nitrogens with one attached hydrogen (secondary N) is 1. The van der Waals surface area contributed by atoms with Gasteiger partial charge in [0.05, 0.1) is 11.4 Å². The van der Waals surface area contributed by atoms with Gasteiger partial charge < -0.3 is 10.2 Å². The predicted octanol–water partition coefficient (Wildman–Crippen LogP) is 2.33. The number of benzene rings is 1. The lowest BCUT2D eigenvalue weighted by Gasteiger charge is -2.25. The largest absolute Gasteiger partial charge is 0.383 e. The Morgan fingerprint density at radius 3 is 3.00 bits per heavy atom. The summed E-state index contributed by atoms with van der Waals surface area (Å²) < 4.78 is 0. The second-order valence-corrected chi connectivity index (χ2v) is 3.69. The van der Waals surface area contributed by atoms with Crippen molar-refractivity contribution in [3.63, 3.8) is 0 Å². The summed E-state index contributed by atoms with van der Waals surface area (Å²) in [6.45, 7) is 3.34. The molecule has 0 saturated carbocycles. The van der Waals surface area contributed by atoms with Crippen molar-refractivity contribution in [2.24, 2.45) is 0 Å². The van der Waals surface area contributed by atoms with Gasteiger partial charge in [-0.3, -0.25) is 0 Å². The maximum absolute atomic E-state index is 3.44. The average Bonchev–Trinajstić information content (AvgIpc) is 2.29. The molecule has 1 aliphatic rings. The molecule has 0 saturated heterocycles. The molecule has 70 valence electrons.